The van der Waals surface area contributed by atoms with Gasteiger partial charge in [-0.3, -0.25) is 4.79 Å². The van der Waals surface area contributed by atoms with E-state index in [1.54, 1.807) is 6.20 Å². The number of nitrogens with one attached hydrogen (secondary N) is 2. The van der Waals surface area contributed by atoms with Gasteiger partial charge in [0.2, 0.25) is 5.91 Å². The molecule has 0 bridgehead atoms. The van der Waals surface area contributed by atoms with Crippen molar-refractivity contribution in [3.8, 4) is 0 Å². The van der Waals surface area contributed by atoms with E-state index in [4.69, 9.17) is 0 Å². The number of carbonyl (C=O) groups excluding carboxylic acids is 1. The van der Waals surface area contributed by atoms with E-state index in [0.29, 0.717) is 18.8 Å². The average molecular weight is 235 g/mol. The summed E-state index contributed by atoms with van der Waals surface area (Å²) in [6.45, 7) is 8.83. The standard InChI is InChI=1S/C13H21N3O/c1-10-6-5-8-14-12(10)16-11(17)7-9-15-13(2,3)4/h5-6,8,15H,7,9H2,1-4H3,(H,14,16,17). The van der Waals surface area contributed by atoms with Crippen LogP contribution >= 0.6 is 0 Å². The second-order valence-corrected chi connectivity index (χ2v) is 5.14. The predicted molar refractivity (Wildman–Crippen MR) is 70.0 cm³/mol. The molecule has 1 amide bonds. The van der Waals surface area contributed by atoms with Crippen molar-refractivity contribution in [1.29, 1.82) is 0 Å². The molecule has 0 fully saturated rings. The zero-order valence-corrected chi connectivity index (χ0v) is 11.0. The molecule has 94 valence electrons. The number of nitrogens with zero attached hydrogens (tertiary/aromatic N) is 1. The fraction of sp³-hybridized carbons (Fsp3) is 0.538. The van der Waals surface area contributed by atoms with E-state index in [1.165, 1.54) is 0 Å². The van der Waals surface area contributed by atoms with Gasteiger partial charge in [0.15, 0.2) is 0 Å². The number of hydrogen-bond acceptors (Lipinski definition) is 3. The quantitative estimate of drug-likeness (QED) is 0.840. The highest BCUT2D eigenvalue weighted by Gasteiger charge is 2.10. The van der Waals surface area contributed by atoms with Gasteiger partial charge in [0.1, 0.15) is 5.82 Å². The molecule has 0 aliphatic rings. The summed E-state index contributed by atoms with van der Waals surface area (Å²) in [5.74, 6) is 0.636. The number of aryl methyl sites for hydroxylation is 1. The molecule has 0 saturated carbocycles. The van der Waals surface area contributed by atoms with Crippen LogP contribution < -0.4 is 10.6 Å². The summed E-state index contributed by atoms with van der Waals surface area (Å²) < 4.78 is 0. The highest BCUT2D eigenvalue weighted by molar-refractivity contribution is 5.90. The van der Waals surface area contributed by atoms with Crippen molar-refractivity contribution in [2.24, 2.45) is 0 Å². The van der Waals surface area contributed by atoms with E-state index in [1.807, 2.05) is 19.1 Å². The summed E-state index contributed by atoms with van der Waals surface area (Å²) in [5, 5.41) is 6.08. The molecular weight excluding hydrogens is 214 g/mol. The molecule has 0 spiro atoms. The van der Waals surface area contributed by atoms with Crippen LogP contribution in [0, 0.1) is 6.92 Å². The number of rotatable bonds is 4. The van der Waals surface area contributed by atoms with E-state index in [2.05, 4.69) is 36.4 Å². The number of amides is 1. The van der Waals surface area contributed by atoms with Gasteiger partial charge < -0.3 is 10.6 Å². The average Bonchev–Trinajstić information content (AvgIpc) is 2.19. The number of anilines is 1. The highest BCUT2D eigenvalue weighted by Crippen LogP contribution is 2.09. The van der Waals surface area contributed by atoms with E-state index < -0.39 is 0 Å². The smallest absolute Gasteiger partial charge is 0.226 e. The summed E-state index contributed by atoms with van der Waals surface area (Å²) in [5.41, 5.74) is 1.02. The van der Waals surface area contributed by atoms with Crippen LogP contribution in [0.25, 0.3) is 0 Å². The number of aromatic nitrogens is 1. The molecule has 1 rings (SSSR count). The summed E-state index contributed by atoms with van der Waals surface area (Å²) >= 11 is 0. The first-order valence-electron chi connectivity index (χ1n) is 5.85. The Labute approximate surface area is 103 Å². The Kier molecular flexibility index (Phi) is 4.63. The fourth-order valence-electron chi connectivity index (χ4n) is 1.36. The van der Waals surface area contributed by atoms with Crippen molar-refractivity contribution in [3.05, 3.63) is 23.9 Å². The lowest BCUT2D eigenvalue weighted by Gasteiger charge is -2.20. The van der Waals surface area contributed by atoms with Crippen molar-refractivity contribution < 1.29 is 4.79 Å². The van der Waals surface area contributed by atoms with E-state index in [-0.39, 0.29) is 11.4 Å². The first-order chi connectivity index (χ1) is 7.88. The number of pyridine rings is 1. The number of carbonyl (C=O) groups is 1. The van der Waals surface area contributed by atoms with Crippen LogP contribution in [0.3, 0.4) is 0 Å². The molecule has 0 atom stereocenters. The Hall–Kier alpha value is -1.42. The van der Waals surface area contributed by atoms with Gasteiger partial charge in [0.05, 0.1) is 0 Å². The minimum absolute atomic E-state index is 0.0106. The fourth-order valence-corrected chi connectivity index (χ4v) is 1.36. The Morgan fingerprint density at radius 2 is 2.12 bits per heavy atom. The van der Waals surface area contributed by atoms with Crippen molar-refractivity contribution in [1.82, 2.24) is 10.3 Å². The van der Waals surface area contributed by atoms with Gasteiger partial charge in [-0.05, 0) is 39.3 Å². The third kappa shape index (κ3) is 5.45. The van der Waals surface area contributed by atoms with Crippen LogP contribution in [0.4, 0.5) is 5.82 Å². The summed E-state index contributed by atoms with van der Waals surface area (Å²) in [6, 6.07) is 3.78. The molecule has 0 aliphatic carbocycles. The van der Waals surface area contributed by atoms with Crippen LogP contribution in [-0.4, -0.2) is 23.0 Å². The minimum atomic E-state index is -0.0106. The van der Waals surface area contributed by atoms with Gasteiger partial charge >= 0.3 is 0 Å². The molecule has 1 heterocycles. The largest absolute Gasteiger partial charge is 0.312 e. The molecule has 0 saturated heterocycles. The molecule has 0 aromatic carbocycles. The minimum Gasteiger partial charge on any atom is -0.312 e. The Balaban J connectivity index is 2.38. The Morgan fingerprint density at radius 1 is 1.41 bits per heavy atom. The molecule has 4 nitrogen and oxygen atoms in total. The summed E-state index contributed by atoms with van der Waals surface area (Å²) in [4.78, 5) is 15.8. The topological polar surface area (TPSA) is 54.0 Å². The molecule has 2 N–H and O–H groups in total. The molecule has 4 heteroatoms. The lowest BCUT2D eigenvalue weighted by atomic mass is 10.1. The Bertz CT molecular complexity index is 382. The lowest BCUT2D eigenvalue weighted by molar-refractivity contribution is -0.116. The van der Waals surface area contributed by atoms with Gasteiger partial charge in [0.25, 0.3) is 0 Å². The third-order valence-electron chi connectivity index (χ3n) is 2.27. The zero-order valence-electron chi connectivity index (χ0n) is 11.0. The lowest BCUT2D eigenvalue weighted by Crippen LogP contribution is -2.37. The predicted octanol–water partition coefficient (Wildman–Crippen LogP) is 2.11. The van der Waals surface area contributed by atoms with Crippen molar-refractivity contribution in [2.45, 2.75) is 39.7 Å². The Morgan fingerprint density at radius 3 is 2.71 bits per heavy atom. The van der Waals surface area contributed by atoms with Gasteiger partial charge in [0, 0.05) is 24.7 Å². The normalized spacial score (nSPS) is 11.3. The van der Waals surface area contributed by atoms with E-state index in [9.17, 15) is 4.79 Å². The first kappa shape index (κ1) is 13.6. The van der Waals surface area contributed by atoms with Crippen LogP contribution in [-0.2, 0) is 4.79 Å². The van der Waals surface area contributed by atoms with Gasteiger partial charge in [-0.1, -0.05) is 6.07 Å². The molecule has 0 radical (unpaired) electrons. The first-order valence-corrected chi connectivity index (χ1v) is 5.85. The van der Waals surface area contributed by atoms with Crippen LogP contribution in [0.15, 0.2) is 18.3 Å². The highest BCUT2D eigenvalue weighted by atomic mass is 16.1. The maximum Gasteiger partial charge on any atom is 0.226 e. The van der Waals surface area contributed by atoms with E-state index >= 15 is 0 Å². The van der Waals surface area contributed by atoms with Crippen LogP contribution in [0.2, 0.25) is 0 Å². The molecule has 1 aromatic rings. The molecule has 0 unspecified atom stereocenters. The number of hydrogen-bond donors (Lipinski definition) is 2. The molecule has 1 aromatic heterocycles. The zero-order chi connectivity index (χ0) is 12.9. The van der Waals surface area contributed by atoms with Gasteiger partial charge in [-0.25, -0.2) is 4.98 Å². The van der Waals surface area contributed by atoms with Crippen LogP contribution in [0.1, 0.15) is 32.8 Å². The van der Waals surface area contributed by atoms with E-state index in [0.717, 1.165) is 5.56 Å². The maximum atomic E-state index is 11.7. The van der Waals surface area contributed by atoms with Gasteiger partial charge in [-0.15, -0.1) is 0 Å². The molecule has 17 heavy (non-hydrogen) atoms. The summed E-state index contributed by atoms with van der Waals surface area (Å²) in [7, 11) is 0. The second-order valence-electron chi connectivity index (χ2n) is 5.14. The second kappa shape index (κ2) is 5.77. The third-order valence-corrected chi connectivity index (χ3v) is 2.27. The van der Waals surface area contributed by atoms with Crippen LogP contribution in [0.5, 0.6) is 0 Å². The van der Waals surface area contributed by atoms with Crippen molar-refractivity contribution >= 4 is 11.7 Å². The monoisotopic (exact) mass is 235 g/mol. The van der Waals surface area contributed by atoms with Crippen molar-refractivity contribution in [3.63, 3.8) is 0 Å². The molecule has 0 aliphatic heterocycles. The summed E-state index contributed by atoms with van der Waals surface area (Å²) in [6.07, 6.45) is 2.13. The SMILES string of the molecule is Cc1cccnc1NC(=O)CCNC(C)(C)C. The van der Waals surface area contributed by atoms with Gasteiger partial charge in [-0.2, -0.15) is 0 Å². The van der Waals surface area contributed by atoms with Crippen molar-refractivity contribution in [2.75, 3.05) is 11.9 Å². The molecular formula is C13H21N3O. The maximum absolute atomic E-state index is 11.7.